The number of aromatic nitrogens is 1. The first-order valence-corrected chi connectivity index (χ1v) is 7.90. The van der Waals surface area contributed by atoms with Gasteiger partial charge in [0.15, 0.2) is 0 Å². The molecule has 0 aliphatic rings. The summed E-state index contributed by atoms with van der Waals surface area (Å²) in [6, 6.07) is 10.2. The minimum atomic E-state index is -3.60. The van der Waals surface area contributed by atoms with Gasteiger partial charge in [0.1, 0.15) is 5.82 Å². The molecule has 0 saturated heterocycles. The van der Waals surface area contributed by atoms with Crippen LogP contribution in [-0.4, -0.2) is 19.9 Å². The molecule has 110 valence electrons. The van der Waals surface area contributed by atoms with Crippen molar-refractivity contribution in [1.82, 2.24) is 4.98 Å². The highest BCUT2D eigenvalue weighted by molar-refractivity contribution is 7.92. The van der Waals surface area contributed by atoms with E-state index in [1.807, 2.05) is 0 Å². The number of benzene rings is 1. The van der Waals surface area contributed by atoms with Crippen molar-refractivity contribution in [1.29, 1.82) is 0 Å². The lowest BCUT2D eigenvalue weighted by Crippen LogP contribution is -2.14. The highest BCUT2D eigenvalue weighted by Gasteiger charge is 2.16. The Hall–Kier alpha value is -2.34. The summed E-state index contributed by atoms with van der Waals surface area (Å²) in [6.45, 7) is 5.96. The highest BCUT2D eigenvalue weighted by atomic mass is 32.2. The largest absolute Gasteiger partial charge is 0.367 e. The molecule has 1 heterocycles. The maximum absolute atomic E-state index is 12.3. The minimum absolute atomic E-state index is 0.263. The predicted molar refractivity (Wildman–Crippen MR) is 84.9 cm³/mol. The molecule has 2 N–H and O–H groups in total. The number of hydrogen-bond donors (Lipinski definition) is 2. The van der Waals surface area contributed by atoms with Gasteiger partial charge in [-0.1, -0.05) is 24.3 Å². The van der Waals surface area contributed by atoms with Crippen LogP contribution in [0.3, 0.4) is 0 Å². The molecule has 21 heavy (non-hydrogen) atoms. The normalized spacial score (nSPS) is 10.9. The monoisotopic (exact) mass is 303 g/mol. The fourth-order valence-electron chi connectivity index (χ4n) is 1.80. The summed E-state index contributed by atoms with van der Waals surface area (Å²) in [7, 11) is -3.60. The number of rotatable bonds is 6. The average Bonchev–Trinajstić information content (AvgIpc) is 2.46. The second kappa shape index (κ2) is 6.41. The van der Waals surface area contributed by atoms with Crippen molar-refractivity contribution in [2.24, 2.45) is 0 Å². The van der Waals surface area contributed by atoms with Gasteiger partial charge in [-0.3, -0.25) is 4.72 Å². The predicted octanol–water partition coefficient (Wildman–Crippen LogP) is 2.79. The number of anilines is 2. The van der Waals surface area contributed by atoms with Crippen LogP contribution in [0.4, 0.5) is 11.5 Å². The molecule has 6 heteroatoms. The van der Waals surface area contributed by atoms with E-state index in [9.17, 15) is 8.42 Å². The van der Waals surface area contributed by atoms with Crippen molar-refractivity contribution in [2.45, 2.75) is 11.8 Å². The van der Waals surface area contributed by atoms with Crippen molar-refractivity contribution in [3.63, 3.8) is 0 Å². The summed E-state index contributed by atoms with van der Waals surface area (Å²) in [6.07, 6.45) is 3.19. The fraction of sp³-hybridized carbons (Fsp3) is 0.133. The Bertz CT molecular complexity index is 725. The second-order valence-electron chi connectivity index (χ2n) is 4.47. The summed E-state index contributed by atoms with van der Waals surface area (Å²) in [4.78, 5) is 4.39. The maximum Gasteiger partial charge on any atom is 0.262 e. The van der Waals surface area contributed by atoms with Crippen LogP contribution in [0.5, 0.6) is 0 Å². The van der Waals surface area contributed by atoms with Crippen LogP contribution < -0.4 is 10.0 Å². The van der Waals surface area contributed by atoms with Crippen LogP contribution in [0.2, 0.25) is 0 Å². The zero-order valence-electron chi connectivity index (χ0n) is 11.7. The summed E-state index contributed by atoms with van der Waals surface area (Å²) in [5.74, 6) is 0.661. The first-order chi connectivity index (χ1) is 10.0. The molecule has 0 amide bonds. The number of hydrogen-bond acceptors (Lipinski definition) is 4. The Morgan fingerprint density at radius 3 is 2.62 bits per heavy atom. The summed E-state index contributed by atoms with van der Waals surface area (Å²) in [5, 5.41) is 3.02. The highest BCUT2D eigenvalue weighted by Crippen LogP contribution is 2.19. The third-order valence-corrected chi connectivity index (χ3v) is 4.37. The summed E-state index contributed by atoms with van der Waals surface area (Å²) >= 11 is 0. The fourth-order valence-corrected chi connectivity index (χ4v) is 3.09. The van der Waals surface area contributed by atoms with E-state index in [1.165, 1.54) is 6.20 Å². The molecule has 0 unspecified atom stereocenters. The van der Waals surface area contributed by atoms with Crippen LogP contribution in [0.15, 0.2) is 60.1 Å². The van der Waals surface area contributed by atoms with E-state index in [0.29, 0.717) is 23.6 Å². The molecule has 1 aromatic carbocycles. The van der Waals surface area contributed by atoms with Crippen molar-refractivity contribution in [3.8, 4) is 0 Å². The minimum Gasteiger partial charge on any atom is -0.367 e. The van der Waals surface area contributed by atoms with Gasteiger partial charge in [0.05, 0.1) is 16.8 Å². The van der Waals surface area contributed by atoms with Crippen molar-refractivity contribution < 1.29 is 8.42 Å². The van der Waals surface area contributed by atoms with Gasteiger partial charge in [-0.05, 0) is 30.7 Å². The van der Waals surface area contributed by atoms with Gasteiger partial charge in [-0.15, -0.1) is 6.58 Å². The van der Waals surface area contributed by atoms with E-state index in [4.69, 9.17) is 0 Å². The molecule has 0 bridgehead atoms. The van der Waals surface area contributed by atoms with Crippen LogP contribution in [-0.2, 0) is 10.0 Å². The van der Waals surface area contributed by atoms with Crippen molar-refractivity contribution in [3.05, 3.63) is 60.8 Å². The smallest absolute Gasteiger partial charge is 0.262 e. The van der Waals surface area contributed by atoms with E-state index < -0.39 is 10.0 Å². The Morgan fingerprint density at radius 2 is 2.00 bits per heavy atom. The van der Waals surface area contributed by atoms with Gasteiger partial charge in [0.2, 0.25) is 0 Å². The topological polar surface area (TPSA) is 71.1 Å². The van der Waals surface area contributed by atoms with Gasteiger partial charge in [0.25, 0.3) is 10.0 Å². The van der Waals surface area contributed by atoms with Gasteiger partial charge >= 0.3 is 0 Å². The van der Waals surface area contributed by atoms with E-state index in [-0.39, 0.29) is 4.90 Å². The van der Waals surface area contributed by atoms with Gasteiger partial charge in [-0.2, -0.15) is 0 Å². The molecule has 0 aliphatic heterocycles. The number of sulfonamides is 1. The van der Waals surface area contributed by atoms with Crippen LogP contribution in [0.25, 0.3) is 0 Å². The Kier molecular flexibility index (Phi) is 4.59. The third-order valence-electron chi connectivity index (χ3n) is 2.83. The Balaban J connectivity index is 2.17. The quantitative estimate of drug-likeness (QED) is 0.805. The molecular formula is C15H17N3O2S. The Morgan fingerprint density at radius 1 is 1.24 bits per heavy atom. The lowest BCUT2D eigenvalue weighted by molar-refractivity contribution is 0.600. The van der Waals surface area contributed by atoms with E-state index in [2.05, 4.69) is 21.6 Å². The molecule has 2 rings (SSSR count). The van der Waals surface area contributed by atoms with Gasteiger partial charge in [0, 0.05) is 6.54 Å². The number of pyridine rings is 1. The summed E-state index contributed by atoms with van der Waals surface area (Å²) in [5.41, 5.74) is 1.12. The van der Waals surface area contributed by atoms with Crippen LogP contribution in [0, 0.1) is 6.92 Å². The van der Waals surface area contributed by atoms with E-state index in [1.54, 1.807) is 49.4 Å². The molecular weight excluding hydrogens is 286 g/mol. The molecule has 5 nitrogen and oxygen atoms in total. The average molecular weight is 303 g/mol. The van der Waals surface area contributed by atoms with Gasteiger partial charge < -0.3 is 5.32 Å². The number of nitrogens with one attached hydrogen (secondary N) is 2. The van der Waals surface area contributed by atoms with Crippen molar-refractivity contribution in [2.75, 3.05) is 16.6 Å². The first-order valence-electron chi connectivity index (χ1n) is 6.42. The molecule has 0 saturated carbocycles. The van der Waals surface area contributed by atoms with Crippen LogP contribution in [0.1, 0.15) is 5.56 Å². The molecule has 0 fully saturated rings. The molecule has 0 atom stereocenters. The van der Waals surface area contributed by atoms with Crippen molar-refractivity contribution >= 4 is 21.5 Å². The first kappa shape index (κ1) is 15.1. The molecule has 1 aromatic heterocycles. The number of nitrogens with zero attached hydrogens (tertiary/aromatic N) is 1. The standard InChI is InChI=1S/C15H17N3O2S/c1-3-10-16-15-9-8-13(11-17-15)18-21(19,20)14-7-5-4-6-12(14)2/h3-9,11,18H,1,10H2,2H3,(H,16,17). The lowest BCUT2D eigenvalue weighted by Gasteiger charge is -2.10. The second-order valence-corrected chi connectivity index (χ2v) is 6.12. The lowest BCUT2D eigenvalue weighted by atomic mass is 10.2. The zero-order chi connectivity index (χ0) is 15.3. The maximum atomic E-state index is 12.3. The SMILES string of the molecule is C=CCNc1ccc(NS(=O)(=O)c2ccccc2C)cn1. The van der Waals surface area contributed by atoms with Gasteiger partial charge in [-0.25, -0.2) is 13.4 Å². The van der Waals surface area contributed by atoms with E-state index >= 15 is 0 Å². The summed E-state index contributed by atoms with van der Waals surface area (Å²) < 4.78 is 27.1. The number of aryl methyl sites for hydroxylation is 1. The molecule has 0 radical (unpaired) electrons. The van der Waals surface area contributed by atoms with E-state index in [0.717, 1.165) is 0 Å². The Labute approximate surface area is 124 Å². The third kappa shape index (κ3) is 3.82. The molecule has 0 aliphatic carbocycles. The molecule has 0 spiro atoms. The zero-order valence-corrected chi connectivity index (χ0v) is 12.5. The molecule has 2 aromatic rings. The van der Waals surface area contributed by atoms with Crippen LogP contribution >= 0.6 is 0 Å².